The Labute approximate surface area is 86.2 Å². The van der Waals surface area contributed by atoms with E-state index in [1.165, 1.54) is 0 Å². The van der Waals surface area contributed by atoms with Crippen molar-refractivity contribution in [1.82, 2.24) is 0 Å². The Morgan fingerprint density at radius 2 is 2.08 bits per heavy atom. The maximum Gasteiger partial charge on any atom is 0.0484 e. The van der Waals surface area contributed by atoms with Crippen LogP contribution in [-0.4, -0.2) is 12.4 Å². The summed E-state index contributed by atoms with van der Waals surface area (Å²) >= 11 is 9.01. The normalized spacial score (nSPS) is 9.83. The van der Waals surface area contributed by atoms with Gasteiger partial charge >= 0.3 is 0 Å². The first-order valence-electron chi connectivity index (χ1n) is 3.89. The molecule has 0 atom stereocenters. The minimum atomic E-state index is 0.706. The largest absolute Gasteiger partial charge is 0.384 e. The first-order chi connectivity index (χ1) is 5.84. The van der Waals surface area contributed by atoms with Gasteiger partial charge in [-0.15, -0.1) is 11.6 Å². The van der Waals surface area contributed by atoms with E-state index in [2.05, 4.69) is 21.2 Å². The smallest absolute Gasteiger partial charge is 0.0484 e. The van der Waals surface area contributed by atoms with E-state index in [-0.39, 0.29) is 0 Å². The number of alkyl halides is 1. The van der Waals surface area contributed by atoms with Gasteiger partial charge in [-0.05, 0) is 34.5 Å². The molecule has 1 N–H and O–H groups in total. The molecule has 0 saturated heterocycles. The average molecular weight is 249 g/mol. The Morgan fingerprint density at radius 1 is 1.33 bits per heavy atom. The monoisotopic (exact) mass is 247 g/mol. The minimum absolute atomic E-state index is 0.706. The van der Waals surface area contributed by atoms with Crippen LogP contribution in [0.1, 0.15) is 6.42 Å². The molecule has 0 aliphatic carbocycles. The molecule has 0 saturated carbocycles. The summed E-state index contributed by atoms with van der Waals surface area (Å²) in [5.41, 5.74) is 1.13. The molecule has 1 aromatic rings. The van der Waals surface area contributed by atoms with Gasteiger partial charge < -0.3 is 5.32 Å². The molecule has 1 aromatic carbocycles. The predicted octanol–water partition coefficient (Wildman–Crippen LogP) is 3.49. The zero-order chi connectivity index (χ0) is 8.81. The number of nitrogens with one attached hydrogen (secondary N) is 1. The van der Waals surface area contributed by atoms with Crippen LogP contribution in [0.3, 0.4) is 0 Å². The summed E-state index contributed by atoms with van der Waals surface area (Å²) in [6, 6.07) is 8.06. The summed E-state index contributed by atoms with van der Waals surface area (Å²) in [6.07, 6.45) is 0.989. The van der Waals surface area contributed by atoms with Gasteiger partial charge in [-0.1, -0.05) is 12.1 Å². The van der Waals surface area contributed by atoms with Crippen molar-refractivity contribution >= 4 is 33.2 Å². The minimum Gasteiger partial charge on any atom is -0.384 e. The molecule has 1 rings (SSSR count). The fraction of sp³-hybridized carbons (Fsp3) is 0.333. The number of anilines is 1. The Morgan fingerprint density at radius 3 is 2.75 bits per heavy atom. The molecule has 3 heteroatoms. The molecule has 0 fully saturated rings. The molecular weight excluding hydrogens is 237 g/mol. The van der Waals surface area contributed by atoms with Crippen molar-refractivity contribution in [3.63, 3.8) is 0 Å². The number of hydrogen-bond acceptors (Lipinski definition) is 1. The third-order valence-corrected chi connectivity index (χ3v) is 2.46. The molecule has 1 nitrogen and oxygen atoms in total. The second-order valence-electron chi connectivity index (χ2n) is 2.45. The molecule has 0 amide bonds. The standard InChI is InChI=1S/C9H11BrClN/c10-8-4-1-2-5-9(8)12-7-3-6-11/h1-2,4-5,12H,3,6-7H2. The SMILES string of the molecule is ClCCCNc1ccccc1Br. The van der Waals surface area contributed by atoms with Crippen molar-refractivity contribution in [3.05, 3.63) is 28.7 Å². The fourth-order valence-corrected chi connectivity index (χ4v) is 1.45. The van der Waals surface area contributed by atoms with Crippen molar-refractivity contribution < 1.29 is 0 Å². The van der Waals surface area contributed by atoms with Crippen LogP contribution in [0.25, 0.3) is 0 Å². The molecule has 0 radical (unpaired) electrons. The van der Waals surface area contributed by atoms with E-state index >= 15 is 0 Å². The van der Waals surface area contributed by atoms with Gasteiger partial charge in [-0.2, -0.15) is 0 Å². The van der Waals surface area contributed by atoms with Crippen LogP contribution >= 0.6 is 27.5 Å². The molecule has 0 heterocycles. The Kier molecular flexibility index (Phi) is 4.48. The molecule has 0 spiro atoms. The lowest BCUT2D eigenvalue weighted by molar-refractivity contribution is 0.986. The van der Waals surface area contributed by atoms with E-state index in [4.69, 9.17) is 11.6 Å². The maximum absolute atomic E-state index is 5.56. The molecule has 0 bridgehead atoms. The van der Waals surface area contributed by atoms with Gasteiger partial charge in [0.1, 0.15) is 0 Å². The number of hydrogen-bond donors (Lipinski definition) is 1. The van der Waals surface area contributed by atoms with Gasteiger partial charge in [0, 0.05) is 22.6 Å². The summed E-state index contributed by atoms with van der Waals surface area (Å²) in [5.74, 6) is 0.706. The van der Waals surface area contributed by atoms with Crippen LogP contribution in [0.4, 0.5) is 5.69 Å². The number of para-hydroxylation sites is 1. The average Bonchev–Trinajstić information content (AvgIpc) is 2.09. The van der Waals surface area contributed by atoms with Gasteiger partial charge in [0.15, 0.2) is 0 Å². The van der Waals surface area contributed by atoms with Crippen molar-refractivity contribution in [2.45, 2.75) is 6.42 Å². The second kappa shape index (κ2) is 5.44. The maximum atomic E-state index is 5.56. The topological polar surface area (TPSA) is 12.0 Å². The predicted molar refractivity (Wildman–Crippen MR) is 58.0 cm³/mol. The highest BCUT2D eigenvalue weighted by atomic mass is 79.9. The van der Waals surface area contributed by atoms with Gasteiger partial charge in [-0.25, -0.2) is 0 Å². The van der Waals surface area contributed by atoms with Crippen LogP contribution in [0.15, 0.2) is 28.7 Å². The summed E-state index contributed by atoms with van der Waals surface area (Å²) in [5, 5.41) is 3.28. The van der Waals surface area contributed by atoms with Crippen LogP contribution in [0.2, 0.25) is 0 Å². The van der Waals surface area contributed by atoms with Crippen molar-refractivity contribution in [3.8, 4) is 0 Å². The summed E-state index contributed by atoms with van der Waals surface area (Å²) in [6.45, 7) is 0.923. The van der Waals surface area contributed by atoms with Crippen LogP contribution in [-0.2, 0) is 0 Å². The van der Waals surface area contributed by atoms with Crippen molar-refractivity contribution in [2.24, 2.45) is 0 Å². The summed E-state index contributed by atoms with van der Waals surface area (Å²) < 4.78 is 1.10. The summed E-state index contributed by atoms with van der Waals surface area (Å²) in [7, 11) is 0. The highest BCUT2D eigenvalue weighted by Crippen LogP contribution is 2.20. The van der Waals surface area contributed by atoms with Crippen LogP contribution in [0.5, 0.6) is 0 Å². The molecular formula is C9H11BrClN. The molecule has 0 aliphatic rings. The summed E-state index contributed by atoms with van der Waals surface area (Å²) in [4.78, 5) is 0. The van der Waals surface area contributed by atoms with Gasteiger partial charge in [0.25, 0.3) is 0 Å². The Balaban J connectivity index is 2.46. The Bertz CT molecular complexity index is 240. The van der Waals surface area contributed by atoms with E-state index in [0.717, 1.165) is 23.1 Å². The highest BCUT2D eigenvalue weighted by Gasteiger charge is 1.94. The molecule has 0 aromatic heterocycles. The first kappa shape index (κ1) is 9.87. The molecule has 0 aliphatic heterocycles. The van der Waals surface area contributed by atoms with Crippen molar-refractivity contribution in [2.75, 3.05) is 17.7 Å². The van der Waals surface area contributed by atoms with E-state index in [1.54, 1.807) is 0 Å². The molecule has 66 valence electrons. The van der Waals surface area contributed by atoms with E-state index in [0.29, 0.717) is 5.88 Å². The van der Waals surface area contributed by atoms with Crippen LogP contribution < -0.4 is 5.32 Å². The fourth-order valence-electron chi connectivity index (χ4n) is 0.894. The van der Waals surface area contributed by atoms with E-state index < -0.39 is 0 Å². The van der Waals surface area contributed by atoms with Crippen molar-refractivity contribution in [1.29, 1.82) is 0 Å². The van der Waals surface area contributed by atoms with Crippen LogP contribution in [0, 0.1) is 0 Å². The quantitative estimate of drug-likeness (QED) is 0.635. The first-order valence-corrected chi connectivity index (χ1v) is 5.21. The highest BCUT2D eigenvalue weighted by molar-refractivity contribution is 9.10. The zero-order valence-electron chi connectivity index (χ0n) is 6.69. The van der Waals surface area contributed by atoms with Gasteiger partial charge in [0.2, 0.25) is 0 Å². The third kappa shape index (κ3) is 3.03. The van der Waals surface area contributed by atoms with E-state index in [1.807, 2.05) is 24.3 Å². The lowest BCUT2D eigenvalue weighted by Crippen LogP contribution is -2.01. The van der Waals surface area contributed by atoms with Gasteiger partial charge in [0.05, 0.1) is 0 Å². The van der Waals surface area contributed by atoms with Gasteiger partial charge in [-0.3, -0.25) is 0 Å². The molecule has 12 heavy (non-hydrogen) atoms. The van der Waals surface area contributed by atoms with E-state index in [9.17, 15) is 0 Å². The second-order valence-corrected chi connectivity index (χ2v) is 3.68. The Hall–Kier alpha value is -0.210. The molecule has 0 unspecified atom stereocenters. The number of halogens is 2. The lowest BCUT2D eigenvalue weighted by atomic mass is 10.3. The number of benzene rings is 1. The number of rotatable bonds is 4. The lowest BCUT2D eigenvalue weighted by Gasteiger charge is -2.06. The third-order valence-electron chi connectivity index (χ3n) is 1.50. The zero-order valence-corrected chi connectivity index (χ0v) is 9.03.